The van der Waals surface area contributed by atoms with Crippen molar-refractivity contribution in [2.75, 3.05) is 13.2 Å². The number of nitrogens with zero attached hydrogens (tertiary/aromatic N) is 1. The second-order valence-corrected chi connectivity index (χ2v) is 5.12. The summed E-state index contributed by atoms with van der Waals surface area (Å²) in [4.78, 5) is 25.9. The highest BCUT2D eigenvalue weighted by Gasteiger charge is 2.33. The summed E-state index contributed by atoms with van der Waals surface area (Å²) in [7, 11) is 0. The third-order valence-electron chi connectivity index (χ3n) is 3.68. The van der Waals surface area contributed by atoms with Crippen molar-refractivity contribution in [1.82, 2.24) is 4.90 Å². The zero-order valence-electron chi connectivity index (χ0n) is 12.2. The molecule has 4 nitrogen and oxygen atoms in total. The van der Waals surface area contributed by atoms with Gasteiger partial charge in [-0.25, -0.2) is 9.18 Å². The van der Waals surface area contributed by atoms with Crippen LogP contribution in [0.2, 0.25) is 0 Å². The van der Waals surface area contributed by atoms with Gasteiger partial charge in [0.2, 0.25) is 5.91 Å². The van der Waals surface area contributed by atoms with Crippen molar-refractivity contribution in [3.05, 3.63) is 35.6 Å². The van der Waals surface area contributed by atoms with Gasteiger partial charge in [-0.05, 0) is 37.8 Å². The highest BCUT2D eigenvalue weighted by molar-refractivity contribution is 5.86. The SMILES string of the molecule is CCOC(=O)C1CCCCN1C(=O)Cc1ccccc1F. The molecule has 0 spiro atoms. The third kappa shape index (κ3) is 3.80. The highest BCUT2D eigenvalue weighted by atomic mass is 19.1. The Balaban J connectivity index is 2.08. The Hall–Kier alpha value is -1.91. The molecule has 0 saturated carbocycles. The fourth-order valence-electron chi connectivity index (χ4n) is 2.62. The lowest BCUT2D eigenvalue weighted by molar-refractivity contribution is -0.156. The molecule has 1 aliphatic heterocycles. The monoisotopic (exact) mass is 293 g/mol. The Morgan fingerprint density at radius 2 is 2.10 bits per heavy atom. The van der Waals surface area contributed by atoms with Gasteiger partial charge in [0.15, 0.2) is 0 Å². The van der Waals surface area contributed by atoms with Crippen LogP contribution in [0.15, 0.2) is 24.3 Å². The maximum absolute atomic E-state index is 13.6. The number of hydrogen-bond acceptors (Lipinski definition) is 3. The lowest BCUT2D eigenvalue weighted by atomic mass is 10.0. The highest BCUT2D eigenvalue weighted by Crippen LogP contribution is 2.20. The Morgan fingerprint density at radius 1 is 1.33 bits per heavy atom. The fraction of sp³-hybridized carbons (Fsp3) is 0.500. The minimum atomic E-state index is -0.530. The van der Waals surface area contributed by atoms with Crippen LogP contribution >= 0.6 is 0 Å². The molecular formula is C16H20FNO3. The lowest BCUT2D eigenvalue weighted by Crippen LogP contribution is -2.49. The maximum Gasteiger partial charge on any atom is 0.328 e. The zero-order chi connectivity index (χ0) is 15.2. The van der Waals surface area contributed by atoms with Crippen LogP contribution < -0.4 is 0 Å². The quantitative estimate of drug-likeness (QED) is 0.800. The molecule has 1 aliphatic rings. The van der Waals surface area contributed by atoms with E-state index in [0.29, 0.717) is 25.1 Å². The average molecular weight is 293 g/mol. The topological polar surface area (TPSA) is 46.6 Å². The summed E-state index contributed by atoms with van der Waals surface area (Å²) in [5.41, 5.74) is 0.357. The van der Waals surface area contributed by atoms with Crippen LogP contribution in [0.5, 0.6) is 0 Å². The first-order chi connectivity index (χ1) is 10.1. The Morgan fingerprint density at radius 3 is 2.81 bits per heavy atom. The summed E-state index contributed by atoms with van der Waals surface area (Å²) in [6.45, 7) is 2.56. The van der Waals surface area contributed by atoms with E-state index in [1.165, 1.54) is 11.0 Å². The van der Waals surface area contributed by atoms with E-state index in [4.69, 9.17) is 4.74 Å². The van der Waals surface area contributed by atoms with E-state index >= 15 is 0 Å². The zero-order valence-corrected chi connectivity index (χ0v) is 12.2. The third-order valence-corrected chi connectivity index (χ3v) is 3.68. The number of hydrogen-bond donors (Lipinski definition) is 0. The summed E-state index contributed by atoms with van der Waals surface area (Å²) < 4.78 is 18.7. The van der Waals surface area contributed by atoms with Crippen molar-refractivity contribution in [2.45, 2.75) is 38.6 Å². The number of benzene rings is 1. The molecule has 1 heterocycles. The molecule has 1 aromatic rings. The molecule has 21 heavy (non-hydrogen) atoms. The van der Waals surface area contributed by atoms with Gasteiger partial charge in [-0.2, -0.15) is 0 Å². The number of halogens is 1. The van der Waals surface area contributed by atoms with Gasteiger partial charge in [-0.1, -0.05) is 18.2 Å². The Labute approximate surface area is 123 Å². The minimum absolute atomic E-state index is 0.0252. The van der Waals surface area contributed by atoms with Crippen molar-refractivity contribution >= 4 is 11.9 Å². The molecule has 0 bridgehead atoms. The number of rotatable bonds is 4. The predicted molar refractivity (Wildman–Crippen MR) is 76.1 cm³/mol. The molecule has 1 fully saturated rings. The molecule has 1 amide bonds. The molecule has 0 radical (unpaired) electrons. The van der Waals surface area contributed by atoms with Crippen molar-refractivity contribution in [3.63, 3.8) is 0 Å². The van der Waals surface area contributed by atoms with Crippen molar-refractivity contribution in [3.8, 4) is 0 Å². The summed E-state index contributed by atoms with van der Waals surface area (Å²) in [5, 5.41) is 0. The van der Waals surface area contributed by atoms with Crippen molar-refractivity contribution in [2.24, 2.45) is 0 Å². The summed E-state index contributed by atoms with van der Waals surface area (Å²) in [5.74, 6) is -0.979. The van der Waals surface area contributed by atoms with Crippen LogP contribution in [0.25, 0.3) is 0 Å². The van der Waals surface area contributed by atoms with Crippen LogP contribution in [0, 0.1) is 5.82 Å². The van der Waals surface area contributed by atoms with Gasteiger partial charge in [0.25, 0.3) is 0 Å². The van der Waals surface area contributed by atoms with Gasteiger partial charge in [-0.3, -0.25) is 4.79 Å². The molecule has 0 aromatic heterocycles. The van der Waals surface area contributed by atoms with Crippen molar-refractivity contribution < 1.29 is 18.7 Å². The van der Waals surface area contributed by atoms with E-state index < -0.39 is 11.9 Å². The average Bonchev–Trinajstić information content (AvgIpc) is 2.50. The van der Waals surface area contributed by atoms with Gasteiger partial charge in [-0.15, -0.1) is 0 Å². The predicted octanol–water partition coefficient (Wildman–Crippen LogP) is 2.31. The number of carbonyl (C=O) groups excluding carboxylic acids is 2. The van der Waals surface area contributed by atoms with Crippen molar-refractivity contribution in [1.29, 1.82) is 0 Å². The van der Waals surface area contributed by atoms with Crippen LogP contribution in [0.4, 0.5) is 4.39 Å². The van der Waals surface area contributed by atoms with Gasteiger partial charge in [0, 0.05) is 6.54 Å². The van der Waals surface area contributed by atoms with Gasteiger partial charge in [0.1, 0.15) is 11.9 Å². The standard InChI is InChI=1S/C16H20FNO3/c1-2-21-16(20)14-9-5-6-10-18(14)15(19)11-12-7-3-4-8-13(12)17/h3-4,7-8,14H,2,5-6,9-11H2,1H3. The molecular weight excluding hydrogens is 273 g/mol. The van der Waals surface area contributed by atoms with Crippen LogP contribution in [0.1, 0.15) is 31.7 Å². The van der Waals surface area contributed by atoms with E-state index in [0.717, 1.165) is 12.8 Å². The van der Waals surface area contributed by atoms with E-state index in [1.807, 2.05) is 0 Å². The molecule has 5 heteroatoms. The number of ether oxygens (including phenoxy) is 1. The van der Waals surface area contributed by atoms with Gasteiger partial charge < -0.3 is 9.64 Å². The number of esters is 1. The minimum Gasteiger partial charge on any atom is -0.464 e. The number of amides is 1. The molecule has 0 aliphatic carbocycles. The largest absolute Gasteiger partial charge is 0.464 e. The van der Waals surface area contributed by atoms with Crippen LogP contribution in [-0.4, -0.2) is 36.0 Å². The summed E-state index contributed by atoms with van der Waals surface area (Å²) in [6, 6.07) is 5.69. The van der Waals surface area contributed by atoms with E-state index in [9.17, 15) is 14.0 Å². The molecule has 1 unspecified atom stereocenters. The van der Waals surface area contributed by atoms with E-state index in [-0.39, 0.29) is 18.3 Å². The van der Waals surface area contributed by atoms with Crippen LogP contribution in [0.3, 0.4) is 0 Å². The number of likely N-dealkylation sites (tertiary alicyclic amines) is 1. The first-order valence-electron chi connectivity index (χ1n) is 7.33. The lowest BCUT2D eigenvalue weighted by Gasteiger charge is -2.34. The number of piperidine rings is 1. The summed E-state index contributed by atoms with van der Waals surface area (Å²) in [6.07, 6.45) is 2.34. The molecule has 1 atom stereocenters. The van der Waals surface area contributed by atoms with Gasteiger partial charge >= 0.3 is 5.97 Å². The van der Waals surface area contributed by atoms with E-state index in [1.54, 1.807) is 25.1 Å². The smallest absolute Gasteiger partial charge is 0.328 e. The molecule has 0 N–H and O–H groups in total. The second kappa shape index (κ2) is 7.20. The summed E-state index contributed by atoms with van der Waals surface area (Å²) >= 11 is 0. The molecule has 2 rings (SSSR count). The first kappa shape index (κ1) is 15.5. The molecule has 1 aromatic carbocycles. The normalized spacial score (nSPS) is 18.4. The Kier molecular flexibility index (Phi) is 5.31. The maximum atomic E-state index is 13.6. The second-order valence-electron chi connectivity index (χ2n) is 5.12. The van der Waals surface area contributed by atoms with Gasteiger partial charge in [0.05, 0.1) is 13.0 Å². The fourth-order valence-corrected chi connectivity index (χ4v) is 2.62. The van der Waals surface area contributed by atoms with E-state index in [2.05, 4.69) is 0 Å². The Bertz CT molecular complexity index is 518. The first-order valence-corrected chi connectivity index (χ1v) is 7.33. The molecule has 1 saturated heterocycles. The number of carbonyl (C=O) groups is 2. The van der Waals surface area contributed by atoms with Crippen LogP contribution in [-0.2, 0) is 20.7 Å². The molecule has 114 valence electrons.